The molecule has 0 saturated heterocycles. The van der Waals surface area contributed by atoms with Crippen LogP contribution in [-0.4, -0.2) is 30.9 Å². The Morgan fingerprint density at radius 3 is 2.71 bits per heavy atom. The van der Waals surface area contributed by atoms with Gasteiger partial charge in [0.1, 0.15) is 6.04 Å². The van der Waals surface area contributed by atoms with Gasteiger partial charge in [0.25, 0.3) is 5.56 Å². The first-order valence-corrected chi connectivity index (χ1v) is 13.1. The highest BCUT2D eigenvalue weighted by Crippen LogP contribution is 2.35. The van der Waals surface area contributed by atoms with Crippen molar-refractivity contribution in [1.29, 1.82) is 0 Å². The summed E-state index contributed by atoms with van der Waals surface area (Å²) in [4.78, 5) is 32.5. The van der Waals surface area contributed by atoms with E-state index in [0.717, 1.165) is 14.9 Å². The number of carbonyl (C=O) groups excluding carboxylic acids is 1. The molecule has 0 amide bonds. The zero-order valence-electron chi connectivity index (χ0n) is 19.1. The van der Waals surface area contributed by atoms with Crippen LogP contribution in [0.2, 0.25) is 0 Å². The van der Waals surface area contributed by atoms with Crippen LogP contribution in [0.1, 0.15) is 37.3 Å². The Morgan fingerprint density at radius 2 is 2.06 bits per heavy atom. The van der Waals surface area contributed by atoms with Crippen molar-refractivity contribution in [3.05, 3.63) is 75.5 Å². The molecule has 0 radical (unpaired) electrons. The van der Waals surface area contributed by atoms with E-state index < -0.39 is 12.0 Å². The molecule has 7 nitrogen and oxygen atoms in total. The second-order valence-corrected chi connectivity index (χ2v) is 10.1. The zero-order valence-corrected chi connectivity index (χ0v) is 22.3. The lowest BCUT2D eigenvalue weighted by molar-refractivity contribution is -0.139. The first kappa shape index (κ1) is 24.4. The largest absolute Gasteiger partial charge is 0.493 e. The van der Waals surface area contributed by atoms with E-state index in [-0.39, 0.29) is 12.2 Å². The minimum atomic E-state index is -0.587. The van der Waals surface area contributed by atoms with Gasteiger partial charge in [-0.25, -0.2) is 9.79 Å². The summed E-state index contributed by atoms with van der Waals surface area (Å²) in [5, 5.41) is 1.92. The number of hydrogen-bond acceptors (Lipinski definition) is 8. The Labute approximate surface area is 212 Å². The molecule has 178 valence electrons. The topological polar surface area (TPSA) is 79.1 Å². The second kappa shape index (κ2) is 10.3. The molecular weight excluding hydrogens is 540 g/mol. The third-order valence-electron chi connectivity index (χ3n) is 5.20. The SMILES string of the molecule is CCOC(=O)C1=C(C)N=c2s/c(=C/c3cc(OC)c(OCC)cc3Br)c(=O)n2[C@@H]1c1cccs1. The number of esters is 1. The van der Waals surface area contributed by atoms with E-state index >= 15 is 0 Å². The van der Waals surface area contributed by atoms with Crippen LogP contribution >= 0.6 is 38.6 Å². The number of rotatable bonds is 7. The normalized spacial score (nSPS) is 15.7. The molecule has 10 heteroatoms. The van der Waals surface area contributed by atoms with Gasteiger partial charge in [-0.15, -0.1) is 11.3 Å². The van der Waals surface area contributed by atoms with Gasteiger partial charge in [-0.1, -0.05) is 33.3 Å². The summed E-state index contributed by atoms with van der Waals surface area (Å²) < 4.78 is 19.2. The van der Waals surface area contributed by atoms with E-state index in [1.807, 2.05) is 36.6 Å². The lowest BCUT2D eigenvalue weighted by Crippen LogP contribution is -2.39. The van der Waals surface area contributed by atoms with Crippen LogP contribution in [0.15, 0.2) is 55.2 Å². The van der Waals surface area contributed by atoms with Gasteiger partial charge in [0, 0.05) is 9.35 Å². The smallest absolute Gasteiger partial charge is 0.338 e. The molecule has 0 bridgehead atoms. The van der Waals surface area contributed by atoms with Gasteiger partial charge in [-0.3, -0.25) is 9.36 Å². The average Bonchev–Trinajstić information content (AvgIpc) is 3.43. The first-order valence-electron chi connectivity index (χ1n) is 10.6. The maximum Gasteiger partial charge on any atom is 0.338 e. The Hall–Kier alpha value is -2.69. The standard InChI is InChI=1S/C24H23BrN2O5S2/c1-5-31-17-12-15(25)14(10-16(17)30-4)11-19-22(28)27-21(18-8-7-9-33-18)20(23(29)32-6-2)13(3)26-24(27)34-19/h7-12,21H,5-6H2,1-4H3/b19-11+/t21-/m1/s1. The molecule has 0 fully saturated rings. The third kappa shape index (κ3) is 4.49. The van der Waals surface area contributed by atoms with Crippen molar-refractivity contribution in [2.24, 2.45) is 4.99 Å². The van der Waals surface area contributed by atoms with Crippen LogP contribution in [0, 0.1) is 0 Å². The fourth-order valence-electron chi connectivity index (χ4n) is 3.74. The molecule has 1 aliphatic rings. The number of thiophene rings is 1. The highest BCUT2D eigenvalue weighted by Gasteiger charge is 2.33. The molecule has 0 unspecified atom stereocenters. The summed E-state index contributed by atoms with van der Waals surface area (Å²) in [7, 11) is 1.57. The number of halogens is 1. The number of methoxy groups -OCH3 is 1. The van der Waals surface area contributed by atoms with Crippen molar-refractivity contribution in [3.63, 3.8) is 0 Å². The van der Waals surface area contributed by atoms with Gasteiger partial charge < -0.3 is 14.2 Å². The van der Waals surface area contributed by atoms with Crippen molar-refractivity contribution < 1.29 is 19.0 Å². The molecule has 0 spiro atoms. The van der Waals surface area contributed by atoms with Gasteiger partial charge >= 0.3 is 5.97 Å². The van der Waals surface area contributed by atoms with Gasteiger partial charge in [0.05, 0.1) is 36.1 Å². The van der Waals surface area contributed by atoms with E-state index in [9.17, 15) is 9.59 Å². The van der Waals surface area contributed by atoms with E-state index in [2.05, 4.69) is 20.9 Å². The number of thiazole rings is 1. The molecule has 0 saturated carbocycles. The molecule has 0 N–H and O–H groups in total. The van der Waals surface area contributed by atoms with Crippen LogP contribution in [0.5, 0.6) is 11.5 Å². The number of hydrogen-bond donors (Lipinski definition) is 0. The lowest BCUT2D eigenvalue weighted by atomic mass is 10.0. The van der Waals surface area contributed by atoms with Gasteiger partial charge in [-0.2, -0.15) is 0 Å². The molecule has 1 aliphatic heterocycles. The molecular formula is C24H23BrN2O5S2. The van der Waals surface area contributed by atoms with Crippen LogP contribution in [0.4, 0.5) is 0 Å². The van der Waals surface area contributed by atoms with Crippen LogP contribution in [0.3, 0.4) is 0 Å². The summed E-state index contributed by atoms with van der Waals surface area (Å²) in [6.07, 6.45) is 1.79. The van der Waals surface area contributed by atoms with Crippen molar-refractivity contribution in [3.8, 4) is 11.5 Å². The first-order chi connectivity index (χ1) is 16.4. The molecule has 1 atom stereocenters. The summed E-state index contributed by atoms with van der Waals surface area (Å²) >= 11 is 6.33. The van der Waals surface area contributed by atoms with E-state index in [1.54, 1.807) is 31.6 Å². The van der Waals surface area contributed by atoms with Crippen molar-refractivity contribution in [2.75, 3.05) is 20.3 Å². The van der Waals surface area contributed by atoms with E-state index in [1.165, 1.54) is 22.7 Å². The monoisotopic (exact) mass is 562 g/mol. The Bertz CT molecular complexity index is 1440. The molecule has 34 heavy (non-hydrogen) atoms. The van der Waals surface area contributed by atoms with Gasteiger partial charge in [-0.05, 0) is 56.0 Å². The minimum Gasteiger partial charge on any atom is -0.493 e. The highest BCUT2D eigenvalue weighted by atomic mass is 79.9. The zero-order chi connectivity index (χ0) is 24.4. The number of fused-ring (bicyclic) bond motifs is 1. The second-order valence-electron chi connectivity index (χ2n) is 7.28. The number of carbonyl (C=O) groups is 1. The molecule has 0 aliphatic carbocycles. The Morgan fingerprint density at radius 1 is 1.26 bits per heavy atom. The number of nitrogens with zero attached hydrogens (tertiary/aromatic N) is 2. The number of aromatic nitrogens is 1. The Balaban J connectivity index is 1.91. The average molecular weight is 563 g/mol. The van der Waals surface area contributed by atoms with Crippen LogP contribution in [-0.2, 0) is 9.53 Å². The predicted octanol–water partition coefficient (Wildman–Crippen LogP) is 4.03. The fraction of sp³-hybridized carbons (Fsp3) is 0.292. The van der Waals surface area contributed by atoms with Crippen LogP contribution in [0.25, 0.3) is 6.08 Å². The van der Waals surface area contributed by atoms with E-state index in [4.69, 9.17) is 14.2 Å². The number of ether oxygens (including phenoxy) is 3. The van der Waals surface area contributed by atoms with Crippen molar-refractivity contribution >= 4 is 50.6 Å². The third-order valence-corrected chi connectivity index (χ3v) is 7.79. The Kier molecular flexibility index (Phi) is 7.39. The molecule has 4 rings (SSSR count). The summed E-state index contributed by atoms with van der Waals surface area (Å²) in [6.45, 7) is 6.18. The minimum absolute atomic E-state index is 0.226. The summed E-state index contributed by atoms with van der Waals surface area (Å²) in [5.41, 5.74) is 1.47. The van der Waals surface area contributed by atoms with Gasteiger partial charge in [0.2, 0.25) is 0 Å². The molecule has 2 aromatic heterocycles. The summed E-state index contributed by atoms with van der Waals surface area (Å²) in [6, 6.07) is 6.87. The van der Waals surface area contributed by atoms with Crippen molar-refractivity contribution in [2.45, 2.75) is 26.8 Å². The number of benzene rings is 1. The number of allylic oxidation sites excluding steroid dienone is 1. The predicted molar refractivity (Wildman–Crippen MR) is 137 cm³/mol. The van der Waals surface area contributed by atoms with Crippen LogP contribution < -0.4 is 24.4 Å². The fourth-order valence-corrected chi connectivity index (χ4v) is 6.04. The highest BCUT2D eigenvalue weighted by molar-refractivity contribution is 9.10. The maximum absolute atomic E-state index is 13.6. The van der Waals surface area contributed by atoms with E-state index in [0.29, 0.717) is 38.7 Å². The summed E-state index contributed by atoms with van der Waals surface area (Å²) in [5.74, 6) is 0.722. The van der Waals surface area contributed by atoms with Gasteiger partial charge in [0.15, 0.2) is 16.3 Å². The van der Waals surface area contributed by atoms with Crippen molar-refractivity contribution in [1.82, 2.24) is 4.57 Å². The molecule has 1 aromatic carbocycles. The lowest BCUT2D eigenvalue weighted by Gasteiger charge is -2.23. The molecule has 3 heterocycles. The quantitative estimate of drug-likeness (QED) is 0.406. The maximum atomic E-state index is 13.6. The molecule has 3 aromatic rings.